The average Bonchev–Trinajstić information content (AvgIpc) is 2.82. The summed E-state index contributed by atoms with van der Waals surface area (Å²) in [4.78, 5) is 27.6. The van der Waals surface area contributed by atoms with Crippen LogP contribution in [0.25, 0.3) is 0 Å². The van der Waals surface area contributed by atoms with Gasteiger partial charge < -0.3 is 15.1 Å². The van der Waals surface area contributed by atoms with Gasteiger partial charge in [0, 0.05) is 38.7 Å². The first-order chi connectivity index (χ1) is 12.0. The minimum atomic E-state index is -0.353. The molecule has 1 atom stereocenters. The van der Waals surface area contributed by atoms with Crippen LogP contribution in [0.3, 0.4) is 0 Å². The maximum Gasteiger partial charge on any atom is 0.317 e. The third kappa shape index (κ3) is 5.44. The molecule has 6 heteroatoms. The lowest BCUT2D eigenvalue weighted by atomic mass is 10.1. The number of benzene rings is 1. The molecule has 1 N–H and O–H groups in total. The van der Waals surface area contributed by atoms with E-state index in [9.17, 15) is 14.0 Å². The highest BCUT2D eigenvalue weighted by atomic mass is 19.1. The molecular weight excluding hydrogens is 321 g/mol. The monoisotopic (exact) mass is 349 g/mol. The third-order valence-electron chi connectivity index (χ3n) is 4.81. The van der Waals surface area contributed by atoms with E-state index in [4.69, 9.17) is 0 Å². The van der Waals surface area contributed by atoms with E-state index in [1.165, 1.54) is 11.0 Å². The fourth-order valence-electron chi connectivity index (χ4n) is 3.06. The minimum Gasteiger partial charge on any atom is -0.343 e. The molecule has 0 saturated carbocycles. The Balaban J connectivity index is 1.76. The molecule has 2 rings (SSSR count). The van der Waals surface area contributed by atoms with E-state index in [0.29, 0.717) is 25.1 Å². The molecule has 1 unspecified atom stereocenters. The van der Waals surface area contributed by atoms with E-state index in [2.05, 4.69) is 5.32 Å². The molecule has 138 valence electrons. The van der Waals surface area contributed by atoms with Crippen LogP contribution in [0.5, 0.6) is 0 Å². The van der Waals surface area contributed by atoms with E-state index < -0.39 is 0 Å². The van der Waals surface area contributed by atoms with E-state index in [-0.39, 0.29) is 23.8 Å². The number of nitrogens with zero attached hydrogens (tertiary/aromatic N) is 2. The predicted octanol–water partition coefficient (Wildman–Crippen LogP) is 3.32. The fourth-order valence-corrected chi connectivity index (χ4v) is 3.06. The zero-order valence-electron chi connectivity index (χ0n) is 15.1. The van der Waals surface area contributed by atoms with Crippen molar-refractivity contribution in [3.05, 3.63) is 35.6 Å². The smallest absolute Gasteiger partial charge is 0.317 e. The van der Waals surface area contributed by atoms with Crippen LogP contribution in [-0.4, -0.2) is 48.4 Å². The normalized spacial score (nSPS) is 16.3. The number of hydrogen-bond acceptors (Lipinski definition) is 2. The summed E-state index contributed by atoms with van der Waals surface area (Å²) in [7, 11) is 1.66. The molecule has 5 nitrogen and oxygen atoms in total. The van der Waals surface area contributed by atoms with Gasteiger partial charge >= 0.3 is 6.03 Å². The van der Waals surface area contributed by atoms with Crippen LogP contribution in [0.1, 0.15) is 50.6 Å². The molecule has 1 aromatic carbocycles. The zero-order valence-corrected chi connectivity index (χ0v) is 15.1. The number of hydrogen-bond donors (Lipinski definition) is 1. The Hall–Kier alpha value is -2.11. The average molecular weight is 349 g/mol. The van der Waals surface area contributed by atoms with Crippen molar-refractivity contribution in [3.63, 3.8) is 0 Å². The molecule has 1 saturated heterocycles. The van der Waals surface area contributed by atoms with E-state index >= 15 is 0 Å². The number of carbonyl (C=O) groups excluding carboxylic acids is 2. The second kappa shape index (κ2) is 9.39. The van der Waals surface area contributed by atoms with Crippen LogP contribution >= 0.6 is 0 Å². The Morgan fingerprint density at radius 3 is 2.84 bits per heavy atom. The van der Waals surface area contributed by atoms with Crippen molar-refractivity contribution < 1.29 is 14.0 Å². The van der Waals surface area contributed by atoms with Gasteiger partial charge in [-0.1, -0.05) is 24.6 Å². The first-order valence-electron chi connectivity index (χ1n) is 9.03. The molecular formula is C19H28FN3O2. The van der Waals surface area contributed by atoms with Gasteiger partial charge in [0.25, 0.3) is 0 Å². The van der Waals surface area contributed by atoms with Gasteiger partial charge in [0.1, 0.15) is 5.82 Å². The Bertz CT molecular complexity index is 594. The number of amides is 3. The van der Waals surface area contributed by atoms with Crippen LogP contribution in [0.2, 0.25) is 0 Å². The van der Waals surface area contributed by atoms with E-state index in [1.807, 2.05) is 4.90 Å². The van der Waals surface area contributed by atoms with Gasteiger partial charge in [-0.25, -0.2) is 9.18 Å². The lowest BCUT2D eigenvalue weighted by molar-refractivity contribution is -0.130. The number of urea groups is 1. The summed E-state index contributed by atoms with van der Waals surface area (Å²) in [6.45, 7) is 3.79. The molecule has 1 aromatic rings. The van der Waals surface area contributed by atoms with Crippen LogP contribution in [0.15, 0.2) is 24.3 Å². The lowest BCUT2D eigenvalue weighted by Crippen LogP contribution is -2.40. The first kappa shape index (κ1) is 19.2. The molecule has 1 aliphatic heterocycles. The molecule has 0 aromatic heterocycles. The summed E-state index contributed by atoms with van der Waals surface area (Å²) in [5.41, 5.74) is 0.496. The van der Waals surface area contributed by atoms with Crippen LogP contribution in [0, 0.1) is 5.82 Å². The standard InChI is InChI=1S/C19H28FN3O2/c1-15(16-9-5-6-10-17(16)20)22(2)19(25)21-12-8-14-23-13-7-3-4-11-18(23)24/h5-6,9-10,15H,3-4,7-8,11-14H2,1-2H3,(H,21,25). The SMILES string of the molecule is CC(c1ccccc1F)N(C)C(=O)NCCCN1CCCCCC1=O. The van der Waals surface area contributed by atoms with Gasteiger partial charge in [0.2, 0.25) is 5.91 Å². The molecule has 0 bridgehead atoms. The van der Waals surface area contributed by atoms with Crippen LogP contribution in [-0.2, 0) is 4.79 Å². The van der Waals surface area contributed by atoms with Crippen LogP contribution in [0.4, 0.5) is 9.18 Å². The van der Waals surface area contributed by atoms with Crippen molar-refractivity contribution in [1.29, 1.82) is 0 Å². The predicted molar refractivity (Wildman–Crippen MR) is 95.6 cm³/mol. The van der Waals surface area contributed by atoms with Crippen LogP contribution < -0.4 is 5.32 Å². The summed E-state index contributed by atoms with van der Waals surface area (Å²) >= 11 is 0. The maximum atomic E-state index is 13.9. The van der Waals surface area contributed by atoms with Crippen molar-refractivity contribution in [1.82, 2.24) is 15.1 Å². The number of rotatable bonds is 6. The number of nitrogens with one attached hydrogen (secondary N) is 1. The molecule has 3 amide bonds. The Kier molecular flexibility index (Phi) is 7.22. The molecule has 1 aliphatic rings. The summed E-state index contributed by atoms with van der Waals surface area (Å²) in [5.74, 6) is -0.0940. The molecule has 25 heavy (non-hydrogen) atoms. The summed E-state index contributed by atoms with van der Waals surface area (Å²) in [6, 6.07) is 5.89. The van der Waals surface area contributed by atoms with Crippen molar-refractivity contribution in [2.45, 2.75) is 45.1 Å². The third-order valence-corrected chi connectivity index (χ3v) is 4.81. The van der Waals surface area contributed by atoms with Crippen molar-refractivity contribution >= 4 is 11.9 Å². The Morgan fingerprint density at radius 1 is 1.32 bits per heavy atom. The highest BCUT2D eigenvalue weighted by molar-refractivity contribution is 5.76. The number of carbonyl (C=O) groups is 2. The zero-order chi connectivity index (χ0) is 18.2. The van der Waals surface area contributed by atoms with Gasteiger partial charge in [-0.05, 0) is 32.3 Å². The quantitative estimate of drug-likeness (QED) is 0.801. The van der Waals surface area contributed by atoms with Gasteiger partial charge in [0.05, 0.1) is 6.04 Å². The first-order valence-corrected chi connectivity index (χ1v) is 9.03. The molecule has 1 fully saturated rings. The summed E-state index contributed by atoms with van der Waals surface area (Å²) in [6.07, 6.45) is 4.50. The maximum absolute atomic E-state index is 13.9. The molecule has 0 radical (unpaired) electrons. The lowest BCUT2D eigenvalue weighted by Gasteiger charge is -2.26. The highest BCUT2D eigenvalue weighted by Gasteiger charge is 2.20. The van der Waals surface area contributed by atoms with E-state index in [0.717, 1.165) is 32.2 Å². The fraction of sp³-hybridized carbons (Fsp3) is 0.579. The highest BCUT2D eigenvalue weighted by Crippen LogP contribution is 2.21. The topological polar surface area (TPSA) is 52.7 Å². The van der Waals surface area contributed by atoms with Crippen molar-refractivity contribution in [2.75, 3.05) is 26.7 Å². The molecule has 0 aliphatic carbocycles. The van der Waals surface area contributed by atoms with Crippen molar-refractivity contribution in [3.8, 4) is 0 Å². The van der Waals surface area contributed by atoms with Gasteiger partial charge in [-0.3, -0.25) is 4.79 Å². The Labute approximate surface area is 149 Å². The number of halogens is 1. The second-order valence-electron chi connectivity index (χ2n) is 6.59. The van der Waals surface area contributed by atoms with Gasteiger partial charge in [-0.15, -0.1) is 0 Å². The Morgan fingerprint density at radius 2 is 2.08 bits per heavy atom. The van der Waals surface area contributed by atoms with Gasteiger partial charge in [-0.2, -0.15) is 0 Å². The second-order valence-corrected chi connectivity index (χ2v) is 6.59. The minimum absolute atomic E-state index is 0.217. The van der Waals surface area contributed by atoms with Gasteiger partial charge in [0.15, 0.2) is 0 Å². The summed E-state index contributed by atoms with van der Waals surface area (Å²) < 4.78 is 13.9. The molecule has 1 heterocycles. The number of likely N-dealkylation sites (tertiary alicyclic amines) is 1. The summed E-state index contributed by atoms with van der Waals surface area (Å²) in [5, 5.41) is 2.85. The molecule has 0 spiro atoms. The largest absolute Gasteiger partial charge is 0.343 e. The van der Waals surface area contributed by atoms with Crippen molar-refractivity contribution in [2.24, 2.45) is 0 Å². The van der Waals surface area contributed by atoms with E-state index in [1.54, 1.807) is 32.2 Å².